The molecule has 3 aromatic rings. The highest BCUT2D eigenvalue weighted by atomic mass is 79.9. The molecular formula is C20H17BrCl2N6O2. The zero-order valence-electron chi connectivity index (χ0n) is 16.0. The molecule has 0 bridgehead atoms. The fraction of sp³-hybridized carbons (Fsp3) is 0.200. The molecule has 1 aromatic carbocycles. The molecule has 0 spiro atoms. The van der Waals surface area contributed by atoms with Gasteiger partial charge in [0.25, 0.3) is 11.8 Å². The van der Waals surface area contributed by atoms with Crippen molar-refractivity contribution in [2.24, 2.45) is 5.92 Å². The minimum absolute atomic E-state index is 0.101. The second-order valence-electron chi connectivity index (χ2n) is 7.09. The minimum atomic E-state index is -0.551. The van der Waals surface area contributed by atoms with E-state index in [2.05, 4.69) is 36.6 Å². The predicted octanol–water partition coefficient (Wildman–Crippen LogP) is 4.31. The lowest BCUT2D eigenvalue weighted by Crippen LogP contribution is -2.27. The number of pyridine rings is 1. The van der Waals surface area contributed by atoms with Gasteiger partial charge in [0, 0.05) is 28.3 Å². The van der Waals surface area contributed by atoms with E-state index in [1.165, 1.54) is 23.0 Å². The zero-order chi connectivity index (χ0) is 22.1. The lowest BCUT2D eigenvalue weighted by molar-refractivity contribution is 0.0952. The number of rotatable bonds is 6. The van der Waals surface area contributed by atoms with Crippen molar-refractivity contribution in [1.29, 1.82) is 0 Å². The molecule has 31 heavy (non-hydrogen) atoms. The van der Waals surface area contributed by atoms with Crippen LogP contribution in [0.15, 0.2) is 41.0 Å². The number of nitrogen functional groups attached to an aromatic ring is 1. The summed E-state index contributed by atoms with van der Waals surface area (Å²) in [4.78, 5) is 30.1. The Hall–Kier alpha value is -2.62. The molecular weight excluding hydrogens is 507 g/mol. The first-order valence-corrected chi connectivity index (χ1v) is 10.9. The lowest BCUT2D eigenvalue weighted by atomic mass is 10.1. The Labute approximate surface area is 196 Å². The van der Waals surface area contributed by atoms with E-state index < -0.39 is 5.91 Å². The van der Waals surface area contributed by atoms with Crippen LogP contribution in [0.25, 0.3) is 5.82 Å². The van der Waals surface area contributed by atoms with E-state index in [1.807, 2.05) is 0 Å². The number of anilines is 2. The van der Waals surface area contributed by atoms with E-state index in [-0.39, 0.29) is 34.5 Å². The summed E-state index contributed by atoms with van der Waals surface area (Å²) in [6, 6.07) is 7.79. The van der Waals surface area contributed by atoms with Gasteiger partial charge in [-0.2, -0.15) is 0 Å². The van der Waals surface area contributed by atoms with Crippen molar-refractivity contribution in [2.75, 3.05) is 17.6 Å². The van der Waals surface area contributed by atoms with Crippen LogP contribution >= 0.6 is 39.1 Å². The maximum absolute atomic E-state index is 13.1. The number of hydrogen-bond donors (Lipinski definition) is 3. The molecule has 2 aromatic heterocycles. The van der Waals surface area contributed by atoms with Crippen LogP contribution in [-0.2, 0) is 0 Å². The number of aromatic nitrogens is 3. The van der Waals surface area contributed by atoms with E-state index in [4.69, 9.17) is 28.9 Å². The summed E-state index contributed by atoms with van der Waals surface area (Å²) in [5.41, 5.74) is 6.45. The highest BCUT2D eigenvalue weighted by Crippen LogP contribution is 2.32. The van der Waals surface area contributed by atoms with Crippen LogP contribution in [0, 0.1) is 5.92 Å². The molecule has 1 aliphatic rings. The van der Waals surface area contributed by atoms with Gasteiger partial charge in [-0.25, -0.2) is 9.67 Å². The van der Waals surface area contributed by atoms with E-state index in [0.717, 1.165) is 12.8 Å². The third-order valence-electron chi connectivity index (χ3n) is 4.69. The summed E-state index contributed by atoms with van der Waals surface area (Å²) >= 11 is 15.7. The fourth-order valence-corrected chi connectivity index (χ4v) is 4.08. The van der Waals surface area contributed by atoms with Crippen molar-refractivity contribution in [2.45, 2.75) is 12.8 Å². The molecule has 0 unspecified atom stereocenters. The van der Waals surface area contributed by atoms with Crippen LogP contribution in [0.4, 0.5) is 11.5 Å². The third kappa shape index (κ3) is 4.84. The van der Waals surface area contributed by atoms with Crippen LogP contribution < -0.4 is 16.4 Å². The van der Waals surface area contributed by atoms with Gasteiger partial charge in [-0.3, -0.25) is 9.59 Å². The molecule has 4 N–H and O–H groups in total. The Balaban J connectivity index is 1.66. The summed E-state index contributed by atoms with van der Waals surface area (Å²) in [5, 5.41) is 10.4. The van der Waals surface area contributed by atoms with E-state index in [9.17, 15) is 9.59 Å². The Bertz CT molecular complexity index is 1180. The normalized spacial score (nSPS) is 13.1. The predicted molar refractivity (Wildman–Crippen MR) is 123 cm³/mol. The number of benzene rings is 1. The maximum atomic E-state index is 13.1. The summed E-state index contributed by atoms with van der Waals surface area (Å²) in [6.45, 7) is 0.581. The van der Waals surface area contributed by atoms with Crippen molar-refractivity contribution in [3.05, 3.63) is 62.3 Å². The number of nitrogens with zero attached hydrogens (tertiary/aromatic N) is 3. The molecule has 4 rings (SSSR count). The highest BCUT2D eigenvalue weighted by molar-refractivity contribution is 9.10. The summed E-state index contributed by atoms with van der Waals surface area (Å²) in [6.07, 6.45) is 3.73. The third-order valence-corrected chi connectivity index (χ3v) is 5.83. The average Bonchev–Trinajstić information content (AvgIpc) is 3.48. The Kier molecular flexibility index (Phi) is 6.17. The molecule has 11 heteroatoms. The largest absolute Gasteiger partial charge is 0.382 e. The molecule has 160 valence electrons. The SMILES string of the molecule is Nc1cc(C(=O)Nc2c(Br)cc(Cl)cc2C(=O)NCC2CC2)n(-c2ncccc2Cl)n1. The van der Waals surface area contributed by atoms with Crippen molar-refractivity contribution < 1.29 is 9.59 Å². The Morgan fingerprint density at radius 2 is 2.00 bits per heavy atom. The minimum Gasteiger partial charge on any atom is -0.382 e. The second-order valence-corrected chi connectivity index (χ2v) is 8.79. The van der Waals surface area contributed by atoms with E-state index in [0.29, 0.717) is 27.0 Å². The van der Waals surface area contributed by atoms with E-state index >= 15 is 0 Å². The highest BCUT2D eigenvalue weighted by Gasteiger charge is 2.25. The maximum Gasteiger partial charge on any atom is 0.274 e. The van der Waals surface area contributed by atoms with Gasteiger partial charge < -0.3 is 16.4 Å². The zero-order valence-corrected chi connectivity index (χ0v) is 19.1. The molecule has 8 nitrogen and oxygen atoms in total. The quantitative estimate of drug-likeness (QED) is 0.445. The molecule has 1 saturated carbocycles. The summed E-state index contributed by atoms with van der Waals surface area (Å²) in [5.74, 6) is -0.00512. The molecule has 0 radical (unpaired) electrons. The van der Waals surface area contributed by atoms with E-state index in [1.54, 1.807) is 18.2 Å². The fourth-order valence-electron chi connectivity index (χ4n) is 2.97. The van der Waals surface area contributed by atoms with Crippen molar-refractivity contribution in [1.82, 2.24) is 20.1 Å². The number of halogens is 3. The van der Waals surface area contributed by atoms with Gasteiger partial charge >= 0.3 is 0 Å². The molecule has 0 aliphatic heterocycles. The van der Waals surface area contributed by atoms with Gasteiger partial charge in [0.1, 0.15) is 11.5 Å². The van der Waals surface area contributed by atoms with Gasteiger partial charge in [-0.05, 0) is 59.0 Å². The summed E-state index contributed by atoms with van der Waals surface area (Å²) < 4.78 is 1.71. The van der Waals surface area contributed by atoms with Crippen LogP contribution in [-0.4, -0.2) is 33.1 Å². The lowest BCUT2D eigenvalue weighted by Gasteiger charge is -2.14. The van der Waals surface area contributed by atoms with Gasteiger partial charge in [0.05, 0.1) is 16.3 Å². The van der Waals surface area contributed by atoms with Gasteiger partial charge in [-0.15, -0.1) is 5.10 Å². The number of carbonyl (C=O) groups excluding carboxylic acids is 2. The smallest absolute Gasteiger partial charge is 0.274 e. The first kappa shape index (κ1) is 21.6. The number of nitrogens with two attached hydrogens (primary N) is 1. The molecule has 2 heterocycles. The van der Waals surface area contributed by atoms with Crippen LogP contribution in [0.1, 0.15) is 33.7 Å². The average molecular weight is 524 g/mol. The van der Waals surface area contributed by atoms with Crippen molar-refractivity contribution in [3.8, 4) is 5.82 Å². The number of hydrogen-bond acceptors (Lipinski definition) is 5. The number of amides is 2. The topological polar surface area (TPSA) is 115 Å². The number of carbonyl (C=O) groups is 2. The standard InChI is InChI=1S/C20H17BrCl2N6O2/c21-13-7-11(22)6-12(19(30)26-9-10-3-4-10)17(13)27-20(31)15-8-16(24)28-29(15)18-14(23)2-1-5-25-18/h1-2,5-8,10H,3-4,9H2,(H2,24,28)(H,26,30)(H,27,31). The van der Waals surface area contributed by atoms with Crippen LogP contribution in [0.5, 0.6) is 0 Å². The molecule has 0 saturated heterocycles. The molecule has 1 fully saturated rings. The first-order valence-electron chi connectivity index (χ1n) is 9.38. The van der Waals surface area contributed by atoms with Gasteiger partial charge in [0.2, 0.25) is 0 Å². The monoisotopic (exact) mass is 522 g/mol. The van der Waals surface area contributed by atoms with Crippen molar-refractivity contribution in [3.63, 3.8) is 0 Å². The Morgan fingerprint density at radius 1 is 1.23 bits per heavy atom. The second kappa shape index (κ2) is 8.86. The van der Waals surface area contributed by atoms with Crippen LogP contribution in [0.3, 0.4) is 0 Å². The molecule has 2 amide bonds. The van der Waals surface area contributed by atoms with Gasteiger partial charge in [-0.1, -0.05) is 23.2 Å². The molecule has 0 atom stereocenters. The van der Waals surface area contributed by atoms with Gasteiger partial charge in [0.15, 0.2) is 5.82 Å². The van der Waals surface area contributed by atoms with Crippen molar-refractivity contribution >= 4 is 62.5 Å². The molecule has 1 aliphatic carbocycles. The number of nitrogens with one attached hydrogen (secondary N) is 2. The summed E-state index contributed by atoms with van der Waals surface area (Å²) in [7, 11) is 0. The van der Waals surface area contributed by atoms with Crippen LogP contribution in [0.2, 0.25) is 10.0 Å². The first-order chi connectivity index (χ1) is 14.8. The Morgan fingerprint density at radius 3 is 2.71 bits per heavy atom.